The highest BCUT2D eigenvalue weighted by Crippen LogP contribution is 2.24. The van der Waals surface area contributed by atoms with Crippen LogP contribution >= 0.6 is 0 Å². The van der Waals surface area contributed by atoms with Crippen molar-refractivity contribution in [1.29, 1.82) is 0 Å². The molecule has 2 aromatic rings. The van der Waals surface area contributed by atoms with Gasteiger partial charge >= 0.3 is 0 Å². The van der Waals surface area contributed by atoms with E-state index >= 15 is 0 Å². The van der Waals surface area contributed by atoms with E-state index in [0.29, 0.717) is 12.4 Å². The van der Waals surface area contributed by atoms with Gasteiger partial charge in [-0.05, 0) is 37.1 Å². The van der Waals surface area contributed by atoms with Crippen LogP contribution in [0.15, 0.2) is 42.6 Å². The summed E-state index contributed by atoms with van der Waals surface area (Å²) in [6, 6.07) is 11.5. The molecule has 0 unspecified atom stereocenters. The van der Waals surface area contributed by atoms with Gasteiger partial charge in [0.15, 0.2) is 12.8 Å². The molecule has 234 valence electrons. The lowest BCUT2D eigenvalue weighted by atomic mass is 10.0. The number of rotatable bonds is 23. The summed E-state index contributed by atoms with van der Waals surface area (Å²) in [4.78, 5) is 26.5. The molecule has 0 spiro atoms. The van der Waals surface area contributed by atoms with E-state index in [1.165, 1.54) is 95.3 Å². The van der Waals surface area contributed by atoms with E-state index in [9.17, 15) is 9.59 Å². The summed E-state index contributed by atoms with van der Waals surface area (Å²) in [5.74, 6) is 0.790. The van der Waals surface area contributed by atoms with Crippen molar-refractivity contribution < 1.29 is 23.6 Å². The Labute approximate surface area is 255 Å². The van der Waals surface area contributed by atoms with Crippen LogP contribution in [-0.2, 0) is 22.7 Å². The van der Waals surface area contributed by atoms with Gasteiger partial charge in [-0.15, -0.1) is 0 Å². The molecular weight excluding hydrogens is 524 g/mol. The number of unbranched alkanes of at least 4 members (excludes halogenated alkanes) is 13. The third-order valence-electron chi connectivity index (χ3n) is 7.76. The molecule has 6 nitrogen and oxygen atoms in total. The second kappa shape index (κ2) is 21.8. The Hall–Kier alpha value is -2.89. The molecule has 2 amide bonds. The fourth-order valence-electron chi connectivity index (χ4n) is 5.23. The van der Waals surface area contributed by atoms with Gasteiger partial charge in [-0.25, -0.2) is 4.57 Å². The molecule has 2 rings (SSSR count). The number of carbonyl (C=O) groups excluding carboxylic acids is 2. The fraction of sp³-hybridized carbons (Fsp3) is 0.639. The predicted molar refractivity (Wildman–Crippen MR) is 171 cm³/mol. The lowest BCUT2D eigenvalue weighted by Gasteiger charge is -2.19. The third kappa shape index (κ3) is 14.3. The van der Waals surface area contributed by atoms with Crippen LogP contribution in [0.2, 0.25) is 0 Å². The Morgan fingerprint density at radius 3 is 1.95 bits per heavy atom. The van der Waals surface area contributed by atoms with Gasteiger partial charge < -0.3 is 9.47 Å². The average molecular weight is 582 g/mol. The van der Waals surface area contributed by atoms with Gasteiger partial charge in [0.25, 0.3) is 5.91 Å². The second-order valence-electron chi connectivity index (χ2n) is 11.5. The number of aromatic nitrogens is 1. The topological polar surface area (TPSA) is 59.7 Å². The highest BCUT2D eigenvalue weighted by atomic mass is 16.5. The number of benzene rings is 1. The highest BCUT2D eigenvalue weighted by molar-refractivity contribution is 5.94. The number of hydrogen-bond donors (Lipinski definition) is 0. The molecule has 0 aliphatic carbocycles. The van der Waals surface area contributed by atoms with E-state index in [0.717, 1.165) is 36.4 Å². The van der Waals surface area contributed by atoms with Crippen LogP contribution in [0.1, 0.15) is 128 Å². The standard InChI is InChI=1S/C36H57N2O4/c1-5-7-8-9-10-11-12-13-14-15-16-17-18-21-27-41-34-23-24-35(31(3)28-34)42-30-36(40)38(32(4)39)29-33-22-19-20-26-37(33)25-6-2/h19-20,22-24,26,28H,5-18,21,25,27,29-30H2,1-4H3/q+1. The molecule has 0 N–H and O–H groups in total. The average Bonchev–Trinajstić information content (AvgIpc) is 2.98. The van der Waals surface area contributed by atoms with Gasteiger partial charge in [-0.1, -0.05) is 103 Å². The summed E-state index contributed by atoms with van der Waals surface area (Å²) >= 11 is 0. The van der Waals surface area contributed by atoms with E-state index < -0.39 is 0 Å². The van der Waals surface area contributed by atoms with Gasteiger partial charge in [-0.2, -0.15) is 0 Å². The number of carbonyl (C=O) groups is 2. The SMILES string of the molecule is CCCCCCCCCCCCCCCCOc1ccc(OCC(=O)N(Cc2cccc[n+]2CCC)C(C)=O)c(C)c1. The maximum atomic E-state index is 12.9. The minimum absolute atomic E-state index is 0.194. The lowest BCUT2D eigenvalue weighted by molar-refractivity contribution is -0.704. The minimum Gasteiger partial charge on any atom is -0.494 e. The molecule has 0 aliphatic rings. The number of ether oxygens (including phenoxy) is 2. The highest BCUT2D eigenvalue weighted by Gasteiger charge is 2.23. The normalized spacial score (nSPS) is 11.0. The summed E-state index contributed by atoms with van der Waals surface area (Å²) in [6.45, 7) is 9.31. The first-order chi connectivity index (χ1) is 20.5. The zero-order valence-electron chi connectivity index (χ0n) is 27.0. The molecular formula is C36H57N2O4+. The molecule has 0 fully saturated rings. The second-order valence-corrected chi connectivity index (χ2v) is 11.5. The molecule has 6 heteroatoms. The van der Waals surface area contributed by atoms with Crippen LogP contribution in [0, 0.1) is 6.92 Å². The van der Waals surface area contributed by atoms with E-state index in [2.05, 4.69) is 18.4 Å². The van der Waals surface area contributed by atoms with Crippen LogP contribution in [0.4, 0.5) is 0 Å². The first-order valence-electron chi connectivity index (χ1n) is 16.6. The van der Waals surface area contributed by atoms with Crippen LogP contribution in [0.5, 0.6) is 11.5 Å². The molecule has 0 saturated carbocycles. The largest absolute Gasteiger partial charge is 0.494 e. The van der Waals surface area contributed by atoms with E-state index in [1.54, 1.807) is 0 Å². The van der Waals surface area contributed by atoms with Gasteiger partial charge in [-0.3, -0.25) is 14.5 Å². The van der Waals surface area contributed by atoms with Gasteiger partial charge in [0, 0.05) is 25.5 Å². The molecule has 0 radical (unpaired) electrons. The Morgan fingerprint density at radius 1 is 0.762 bits per heavy atom. The van der Waals surface area contributed by atoms with Crippen LogP contribution in [0.25, 0.3) is 0 Å². The Bertz CT molecular complexity index is 1040. The van der Waals surface area contributed by atoms with Crippen molar-refractivity contribution in [3.8, 4) is 11.5 Å². The van der Waals surface area contributed by atoms with Crippen LogP contribution < -0.4 is 14.0 Å². The molecule has 42 heavy (non-hydrogen) atoms. The number of nitrogens with zero attached hydrogens (tertiary/aromatic N) is 2. The van der Waals surface area contributed by atoms with Crippen molar-refractivity contribution in [3.63, 3.8) is 0 Å². The van der Waals surface area contributed by atoms with E-state index in [-0.39, 0.29) is 25.0 Å². The Balaban J connectivity index is 1.63. The number of amides is 2. The quantitative estimate of drug-likeness (QED) is 0.0975. The van der Waals surface area contributed by atoms with Gasteiger partial charge in [0.2, 0.25) is 11.6 Å². The maximum Gasteiger partial charge on any atom is 0.267 e. The first-order valence-corrected chi connectivity index (χ1v) is 16.6. The van der Waals surface area contributed by atoms with Crippen molar-refractivity contribution in [2.45, 2.75) is 137 Å². The molecule has 0 bridgehead atoms. The summed E-state index contributed by atoms with van der Waals surface area (Å²) in [5.41, 5.74) is 1.82. The smallest absolute Gasteiger partial charge is 0.267 e. The van der Waals surface area contributed by atoms with E-state index in [4.69, 9.17) is 9.47 Å². The fourth-order valence-corrected chi connectivity index (χ4v) is 5.23. The molecule has 0 saturated heterocycles. The zero-order chi connectivity index (χ0) is 30.4. The van der Waals surface area contributed by atoms with Crippen molar-refractivity contribution in [2.24, 2.45) is 0 Å². The van der Waals surface area contributed by atoms with Crippen LogP contribution in [-0.4, -0.2) is 29.9 Å². The van der Waals surface area contributed by atoms with Crippen molar-refractivity contribution >= 4 is 11.8 Å². The van der Waals surface area contributed by atoms with Crippen LogP contribution in [0.3, 0.4) is 0 Å². The molecule has 1 aromatic carbocycles. The summed E-state index contributed by atoms with van der Waals surface area (Å²) in [5, 5.41) is 0. The van der Waals surface area contributed by atoms with Crippen molar-refractivity contribution in [3.05, 3.63) is 53.9 Å². The predicted octanol–water partition coefficient (Wildman–Crippen LogP) is 8.51. The zero-order valence-corrected chi connectivity index (χ0v) is 27.0. The molecule has 0 atom stereocenters. The number of hydrogen-bond acceptors (Lipinski definition) is 4. The van der Waals surface area contributed by atoms with Gasteiger partial charge in [0.05, 0.1) is 6.61 Å². The number of aryl methyl sites for hydroxylation is 2. The molecule has 1 aromatic heterocycles. The number of imide groups is 1. The summed E-state index contributed by atoms with van der Waals surface area (Å²) in [6.07, 6.45) is 21.7. The number of pyridine rings is 1. The van der Waals surface area contributed by atoms with Crippen molar-refractivity contribution in [1.82, 2.24) is 4.90 Å². The molecule has 1 heterocycles. The van der Waals surface area contributed by atoms with Crippen molar-refractivity contribution in [2.75, 3.05) is 13.2 Å². The minimum atomic E-state index is -0.355. The maximum absolute atomic E-state index is 12.9. The Kier molecular flexibility index (Phi) is 18.3. The molecule has 0 aliphatic heterocycles. The summed E-state index contributed by atoms with van der Waals surface area (Å²) < 4.78 is 13.9. The monoisotopic (exact) mass is 581 g/mol. The Morgan fingerprint density at radius 2 is 1.38 bits per heavy atom. The summed E-state index contributed by atoms with van der Waals surface area (Å²) in [7, 11) is 0. The van der Waals surface area contributed by atoms with E-state index in [1.807, 2.05) is 49.5 Å². The first kappa shape index (κ1) is 35.3. The third-order valence-corrected chi connectivity index (χ3v) is 7.76. The van der Waals surface area contributed by atoms with Gasteiger partial charge in [0.1, 0.15) is 24.6 Å². The lowest BCUT2D eigenvalue weighted by Crippen LogP contribution is -2.44.